The van der Waals surface area contributed by atoms with E-state index in [1.165, 1.54) is 0 Å². The highest BCUT2D eigenvalue weighted by Crippen LogP contribution is 2.25. The monoisotopic (exact) mass is 395 g/mol. The Morgan fingerprint density at radius 3 is 2.70 bits per heavy atom. The average molecular weight is 397 g/mol. The van der Waals surface area contributed by atoms with Gasteiger partial charge >= 0.3 is 0 Å². The van der Waals surface area contributed by atoms with Crippen LogP contribution in [0.25, 0.3) is 0 Å². The van der Waals surface area contributed by atoms with E-state index in [0.717, 1.165) is 21.5 Å². The first-order valence-corrected chi connectivity index (χ1v) is 7.90. The number of ether oxygens (including phenoxy) is 1. The van der Waals surface area contributed by atoms with Gasteiger partial charge in [0.2, 0.25) is 0 Å². The zero-order chi connectivity index (χ0) is 16.7. The summed E-state index contributed by atoms with van der Waals surface area (Å²) in [4.78, 5) is 11.7. The Morgan fingerprint density at radius 1 is 1.30 bits per heavy atom. The molecular formula is C16H15BrClN3O2. The van der Waals surface area contributed by atoms with Gasteiger partial charge in [-0.3, -0.25) is 4.79 Å². The maximum absolute atomic E-state index is 11.7. The van der Waals surface area contributed by atoms with Gasteiger partial charge in [0.15, 0.2) is 0 Å². The van der Waals surface area contributed by atoms with E-state index in [9.17, 15) is 4.79 Å². The van der Waals surface area contributed by atoms with Crippen molar-refractivity contribution >= 4 is 45.3 Å². The minimum atomic E-state index is -0.253. The highest BCUT2D eigenvalue weighted by atomic mass is 79.9. The molecule has 120 valence electrons. The Labute approximate surface area is 147 Å². The Kier molecular flexibility index (Phi) is 6.43. The van der Waals surface area contributed by atoms with E-state index in [-0.39, 0.29) is 12.5 Å². The van der Waals surface area contributed by atoms with Crippen LogP contribution < -0.4 is 15.5 Å². The first-order valence-electron chi connectivity index (χ1n) is 6.73. The number of hydrazone groups is 1. The predicted molar refractivity (Wildman–Crippen MR) is 96.4 cm³/mol. The van der Waals surface area contributed by atoms with E-state index in [0.29, 0.717) is 5.02 Å². The lowest BCUT2D eigenvalue weighted by atomic mass is 10.2. The molecule has 2 N–H and O–H groups in total. The second-order valence-electron chi connectivity index (χ2n) is 4.54. The molecule has 2 aromatic carbocycles. The van der Waals surface area contributed by atoms with Crippen LogP contribution in [0.4, 0.5) is 5.69 Å². The van der Waals surface area contributed by atoms with E-state index >= 15 is 0 Å². The summed E-state index contributed by atoms with van der Waals surface area (Å²) in [6, 6.07) is 12.6. The van der Waals surface area contributed by atoms with Crippen LogP contribution in [0.3, 0.4) is 0 Å². The van der Waals surface area contributed by atoms with Crippen LogP contribution >= 0.6 is 27.5 Å². The number of nitrogens with one attached hydrogen (secondary N) is 2. The van der Waals surface area contributed by atoms with Crippen molar-refractivity contribution in [3.8, 4) is 5.75 Å². The number of benzene rings is 2. The van der Waals surface area contributed by atoms with Gasteiger partial charge in [-0.15, -0.1) is 0 Å². The molecule has 0 fully saturated rings. The molecule has 0 aliphatic heterocycles. The standard InChI is InChI=1S/C16H15BrClN3O2/c1-23-13-5-2-11(3-6-13)9-20-21-16(22)10-19-15-7-4-12(18)8-14(15)17/h2-9,19H,10H2,1H3,(H,21,22). The lowest BCUT2D eigenvalue weighted by Crippen LogP contribution is -2.26. The van der Waals surface area contributed by atoms with E-state index in [1.54, 1.807) is 31.5 Å². The van der Waals surface area contributed by atoms with Crippen LogP contribution in [0.5, 0.6) is 5.75 Å². The van der Waals surface area contributed by atoms with E-state index in [1.807, 2.05) is 24.3 Å². The summed E-state index contributed by atoms with van der Waals surface area (Å²) in [5.74, 6) is 0.514. The minimum Gasteiger partial charge on any atom is -0.497 e. The summed E-state index contributed by atoms with van der Waals surface area (Å²) < 4.78 is 5.86. The molecule has 1 amide bonds. The molecule has 0 saturated heterocycles. The zero-order valence-corrected chi connectivity index (χ0v) is 14.7. The van der Waals surface area contributed by atoms with Crippen LogP contribution in [0.15, 0.2) is 52.0 Å². The zero-order valence-electron chi connectivity index (χ0n) is 12.3. The molecule has 0 saturated carbocycles. The predicted octanol–water partition coefficient (Wildman–Crippen LogP) is 3.67. The van der Waals surface area contributed by atoms with E-state index in [2.05, 4.69) is 31.8 Å². The van der Waals surface area contributed by atoms with Crippen LogP contribution in [0.1, 0.15) is 5.56 Å². The summed E-state index contributed by atoms with van der Waals surface area (Å²) in [6.07, 6.45) is 1.57. The lowest BCUT2D eigenvalue weighted by Gasteiger charge is -2.07. The SMILES string of the molecule is COc1ccc(C=NNC(=O)CNc2ccc(Cl)cc2Br)cc1. The average Bonchev–Trinajstić information content (AvgIpc) is 2.54. The Morgan fingerprint density at radius 2 is 2.04 bits per heavy atom. The molecule has 0 aliphatic carbocycles. The summed E-state index contributed by atoms with van der Waals surface area (Å²) in [6.45, 7) is 0.0974. The molecule has 5 nitrogen and oxygen atoms in total. The molecule has 0 aromatic heterocycles. The second-order valence-corrected chi connectivity index (χ2v) is 5.83. The van der Waals surface area contributed by atoms with Crippen LogP contribution in [0.2, 0.25) is 5.02 Å². The van der Waals surface area contributed by atoms with Gasteiger partial charge in [0.1, 0.15) is 5.75 Å². The number of hydrogen-bond donors (Lipinski definition) is 2. The number of carbonyl (C=O) groups excluding carboxylic acids is 1. The van der Waals surface area contributed by atoms with Crippen molar-refractivity contribution in [2.75, 3.05) is 19.0 Å². The van der Waals surface area contributed by atoms with Crippen molar-refractivity contribution < 1.29 is 9.53 Å². The third-order valence-corrected chi connectivity index (χ3v) is 3.78. The molecule has 0 atom stereocenters. The van der Waals surface area contributed by atoms with E-state index < -0.39 is 0 Å². The summed E-state index contributed by atoms with van der Waals surface area (Å²) in [5.41, 5.74) is 4.10. The molecule has 0 aliphatic rings. The van der Waals surface area contributed by atoms with Gasteiger partial charge in [0.25, 0.3) is 5.91 Å². The minimum absolute atomic E-state index is 0.0974. The van der Waals surface area contributed by atoms with Crippen molar-refractivity contribution in [2.45, 2.75) is 0 Å². The number of nitrogens with zero attached hydrogens (tertiary/aromatic N) is 1. The van der Waals surface area contributed by atoms with Crippen molar-refractivity contribution in [1.29, 1.82) is 0 Å². The lowest BCUT2D eigenvalue weighted by molar-refractivity contribution is -0.119. The first kappa shape index (κ1) is 17.3. The van der Waals surface area contributed by atoms with Gasteiger partial charge in [-0.2, -0.15) is 5.10 Å². The Hall–Kier alpha value is -2.05. The first-order chi connectivity index (χ1) is 11.1. The second kappa shape index (κ2) is 8.55. The van der Waals surface area contributed by atoms with Gasteiger partial charge in [-0.1, -0.05) is 11.6 Å². The van der Waals surface area contributed by atoms with Gasteiger partial charge in [-0.25, -0.2) is 5.43 Å². The van der Waals surface area contributed by atoms with Crippen LogP contribution in [-0.2, 0) is 4.79 Å². The smallest absolute Gasteiger partial charge is 0.259 e. The Balaban J connectivity index is 1.81. The number of hydrogen-bond acceptors (Lipinski definition) is 4. The number of methoxy groups -OCH3 is 1. The fraction of sp³-hybridized carbons (Fsp3) is 0.125. The topological polar surface area (TPSA) is 62.7 Å². The fourth-order valence-corrected chi connectivity index (χ4v) is 2.54. The van der Waals surface area contributed by atoms with Crippen LogP contribution in [-0.4, -0.2) is 25.8 Å². The van der Waals surface area contributed by atoms with Gasteiger partial charge in [0.05, 0.1) is 19.9 Å². The largest absolute Gasteiger partial charge is 0.497 e. The number of rotatable bonds is 6. The number of carbonyl (C=O) groups is 1. The molecule has 7 heteroatoms. The molecule has 0 bridgehead atoms. The van der Waals surface area contributed by atoms with Crippen LogP contribution in [0, 0.1) is 0 Å². The third-order valence-electron chi connectivity index (χ3n) is 2.89. The van der Waals surface area contributed by atoms with Gasteiger partial charge in [-0.05, 0) is 64.0 Å². The molecule has 0 heterocycles. The Bertz CT molecular complexity index is 705. The fourth-order valence-electron chi connectivity index (χ4n) is 1.72. The van der Waals surface area contributed by atoms with Crippen molar-refractivity contribution in [3.63, 3.8) is 0 Å². The number of amides is 1. The maximum Gasteiger partial charge on any atom is 0.259 e. The van der Waals surface area contributed by atoms with Crippen molar-refractivity contribution in [2.24, 2.45) is 5.10 Å². The summed E-state index contributed by atoms with van der Waals surface area (Å²) >= 11 is 9.24. The molecule has 0 spiro atoms. The van der Waals surface area contributed by atoms with Crippen molar-refractivity contribution in [3.05, 3.63) is 57.5 Å². The highest BCUT2D eigenvalue weighted by Gasteiger charge is 2.03. The maximum atomic E-state index is 11.7. The highest BCUT2D eigenvalue weighted by molar-refractivity contribution is 9.10. The molecule has 0 unspecified atom stereocenters. The molecule has 23 heavy (non-hydrogen) atoms. The molecule has 2 aromatic rings. The third kappa shape index (κ3) is 5.58. The summed E-state index contributed by atoms with van der Waals surface area (Å²) in [7, 11) is 1.61. The quantitative estimate of drug-likeness (QED) is 0.578. The van der Waals surface area contributed by atoms with Crippen molar-refractivity contribution in [1.82, 2.24) is 5.43 Å². The summed E-state index contributed by atoms with van der Waals surface area (Å²) in [5, 5.41) is 7.52. The number of halogens is 2. The van der Waals surface area contributed by atoms with E-state index in [4.69, 9.17) is 16.3 Å². The molecule has 2 rings (SSSR count). The normalized spacial score (nSPS) is 10.6. The molecule has 0 radical (unpaired) electrons. The molecular weight excluding hydrogens is 382 g/mol. The van der Waals surface area contributed by atoms with Gasteiger partial charge < -0.3 is 10.1 Å². The van der Waals surface area contributed by atoms with Gasteiger partial charge in [0, 0.05) is 15.2 Å². The number of anilines is 1.